The van der Waals surface area contributed by atoms with E-state index in [1.165, 1.54) is 7.11 Å². The van der Waals surface area contributed by atoms with Crippen molar-refractivity contribution < 1.29 is 23.8 Å². The van der Waals surface area contributed by atoms with Crippen molar-refractivity contribution in [1.82, 2.24) is 0 Å². The lowest BCUT2D eigenvalue weighted by Crippen LogP contribution is -2.32. The molecule has 5 heteroatoms. The first kappa shape index (κ1) is 19.4. The predicted molar refractivity (Wildman–Crippen MR) is 90.5 cm³/mol. The maximum Gasteiger partial charge on any atom is 0.305 e. The molecule has 2 unspecified atom stereocenters. The summed E-state index contributed by atoms with van der Waals surface area (Å²) in [5, 5.41) is 0. The zero-order valence-corrected chi connectivity index (χ0v) is 14.9. The molecule has 1 heterocycles. The van der Waals surface area contributed by atoms with Gasteiger partial charge >= 0.3 is 5.97 Å². The van der Waals surface area contributed by atoms with Crippen LogP contribution >= 0.6 is 0 Å². The van der Waals surface area contributed by atoms with Crippen molar-refractivity contribution >= 4 is 12.3 Å². The molecule has 1 aliphatic heterocycles. The summed E-state index contributed by atoms with van der Waals surface area (Å²) in [5.41, 5.74) is 0. The van der Waals surface area contributed by atoms with Crippen LogP contribution in [0.15, 0.2) is 0 Å². The number of carbonyl (C=O) groups is 2. The minimum Gasteiger partial charge on any atom is -0.469 e. The molecule has 5 nitrogen and oxygen atoms in total. The summed E-state index contributed by atoms with van der Waals surface area (Å²) in [6.07, 6.45) is 12.0. The predicted octanol–water partition coefficient (Wildman–Crippen LogP) is 3.64. The molecule has 138 valence electrons. The Morgan fingerprint density at radius 3 is 2.67 bits per heavy atom. The molecule has 24 heavy (non-hydrogen) atoms. The molecule has 1 saturated carbocycles. The van der Waals surface area contributed by atoms with Gasteiger partial charge in [-0.3, -0.25) is 4.79 Å². The molecule has 0 aromatic carbocycles. The molecule has 0 radical (unpaired) electrons. The molecular weight excluding hydrogens is 308 g/mol. The Morgan fingerprint density at radius 1 is 1.12 bits per heavy atom. The highest BCUT2D eigenvalue weighted by atomic mass is 16.7. The van der Waals surface area contributed by atoms with Gasteiger partial charge in [-0.1, -0.05) is 19.3 Å². The highest BCUT2D eigenvalue weighted by Gasteiger charge is 2.37. The average Bonchev–Trinajstić information content (AvgIpc) is 3.00. The quantitative estimate of drug-likeness (QED) is 0.345. The summed E-state index contributed by atoms with van der Waals surface area (Å²) in [6.45, 7) is 0.776. The van der Waals surface area contributed by atoms with E-state index >= 15 is 0 Å². The summed E-state index contributed by atoms with van der Waals surface area (Å²) in [7, 11) is 1.43. The number of rotatable bonds is 10. The molecular formula is C19H32O5. The standard InChI is InChI=1S/C19H32O5/c1-22-18(21)9-5-3-2-4-8-15-11-12-17(16(15)14-20)24-19-10-6-7-13-23-19/h14-17,19H,2-13H2,1H3/t15-,16+,17?,19?/m0/s1. The van der Waals surface area contributed by atoms with Crippen LogP contribution in [0.4, 0.5) is 0 Å². The fourth-order valence-corrected chi connectivity index (χ4v) is 3.91. The monoisotopic (exact) mass is 340 g/mol. The summed E-state index contributed by atoms with van der Waals surface area (Å²) < 4.78 is 16.3. The van der Waals surface area contributed by atoms with Crippen molar-refractivity contribution in [3.8, 4) is 0 Å². The van der Waals surface area contributed by atoms with E-state index in [0.717, 1.165) is 77.1 Å². The highest BCUT2D eigenvalue weighted by Crippen LogP contribution is 2.37. The van der Waals surface area contributed by atoms with E-state index in [1.807, 2.05) is 0 Å². The van der Waals surface area contributed by atoms with Gasteiger partial charge in [0, 0.05) is 18.9 Å². The minimum atomic E-state index is -0.128. The van der Waals surface area contributed by atoms with Crippen LogP contribution in [0.2, 0.25) is 0 Å². The number of carbonyl (C=O) groups excluding carboxylic acids is 2. The van der Waals surface area contributed by atoms with E-state index in [4.69, 9.17) is 9.47 Å². The Kier molecular flexibility index (Phi) is 8.75. The van der Waals surface area contributed by atoms with Crippen LogP contribution < -0.4 is 0 Å². The number of hydrogen-bond donors (Lipinski definition) is 0. The maximum absolute atomic E-state index is 11.5. The zero-order valence-electron chi connectivity index (χ0n) is 14.9. The molecule has 1 aliphatic carbocycles. The summed E-state index contributed by atoms with van der Waals surface area (Å²) >= 11 is 0. The molecule has 0 amide bonds. The molecule has 2 aliphatic rings. The molecule has 4 atom stereocenters. The van der Waals surface area contributed by atoms with E-state index in [0.29, 0.717) is 12.3 Å². The first-order valence-corrected chi connectivity index (χ1v) is 9.53. The van der Waals surface area contributed by atoms with Crippen molar-refractivity contribution in [1.29, 1.82) is 0 Å². The van der Waals surface area contributed by atoms with Gasteiger partial charge in [-0.2, -0.15) is 0 Å². The summed E-state index contributed by atoms with van der Waals surface area (Å²) in [5.74, 6) is 0.332. The number of methoxy groups -OCH3 is 1. The molecule has 0 aromatic rings. The SMILES string of the molecule is COC(=O)CCCCCC[C@H]1CCC(OC2CCCCO2)[C@@H]1C=O. The van der Waals surface area contributed by atoms with E-state index in [9.17, 15) is 9.59 Å². The van der Waals surface area contributed by atoms with E-state index in [-0.39, 0.29) is 24.3 Å². The van der Waals surface area contributed by atoms with Crippen LogP contribution in [0.25, 0.3) is 0 Å². The molecule has 0 N–H and O–H groups in total. The van der Waals surface area contributed by atoms with Gasteiger partial charge in [-0.15, -0.1) is 0 Å². The first-order valence-electron chi connectivity index (χ1n) is 9.53. The highest BCUT2D eigenvalue weighted by molar-refractivity contribution is 5.68. The van der Waals surface area contributed by atoms with Crippen molar-refractivity contribution in [2.75, 3.05) is 13.7 Å². The van der Waals surface area contributed by atoms with Gasteiger partial charge in [0.05, 0.1) is 13.2 Å². The van der Waals surface area contributed by atoms with Crippen molar-refractivity contribution in [3.05, 3.63) is 0 Å². The van der Waals surface area contributed by atoms with Crippen LogP contribution in [0.5, 0.6) is 0 Å². The first-order chi connectivity index (χ1) is 11.7. The van der Waals surface area contributed by atoms with Gasteiger partial charge in [-0.05, 0) is 50.9 Å². The lowest BCUT2D eigenvalue weighted by Gasteiger charge is -2.28. The Morgan fingerprint density at radius 2 is 1.96 bits per heavy atom. The lowest BCUT2D eigenvalue weighted by molar-refractivity contribution is -0.194. The Bertz CT molecular complexity index is 378. The average molecular weight is 340 g/mol. The van der Waals surface area contributed by atoms with Crippen molar-refractivity contribution in [2.24, 2.45) is 11.8 Å². The van der Waals surface area contributed by atoms with E-state index in [2.05, 4.69) is 4.74 Å². The van der Waals surface area contributed by atoms with Crippen LogP contribution in [-0.4, -0.2) is 38.4 Å². The minimum absolute atomic E-state index is 0.0191. The van der Waals surface area contributed by atoms with Gasteiger partial charge in [0.1, 0.15) is 6.29 Å². The van der Waals surface area contributed by atoms with E-state index < -0.39 is 0 Å². The molecule has 2 rings (SSSR count). The molecule has 0 spiro atoms. The Labute approximate surface area is 145 Å². The summed E-state index contributed by atoms with van der Waals surface area (Å²) in [6, 6.07) is 0. The van der Waals surface area contributed by atoms with Gasteiger partial charge < -0.3 is 19.0 Å². The molecule has 2 fully saturated rings. The van der Waals surface area contributed by atoms with Crippen molar-refractivity contribution in [3.63, 3.8) is 0 Å². The largest absolute Gasteiger partial charge is 0.469 e. The zero-order chi connectivity index (χ0) is 17.2. The van der Waals surface area contributed by atoms with Gasteiger partial charge in [0.25, 0.3) is 0 Å². The molecule has 0 bridgehead atoms. The van der Waals surface area contributed by atoms with Crippen LogP contribution in [-0.2, 0) is 23.8 Å². The van der Waals surface area contributed by atoms with Gasteiger partial charge in [-0.25, -0.2) is 0 Å². The van der Waals surface area contributed by atoms with Gasteiger partial charge in [0.2, 0.25) is 0 Å². The van der Waals surface area contributed by atoms with Crippen molar-refractivity contribution in [2.45, 2.75) is 83.0 Å². The Balaban J connectivity index is 1.62. The fourth-order valence-electron chi connectivity index (χ4n) is 3.91. The maximum atomic E-state index is 11.5. The number of hydrogen-bond acceptors (Lipinski definition) is 5. The van der Waals surface area contributed by atoms with Crippen LogP contribution in [0.3, 0.4) is 0 Å². The molecule has 1 saturated heterocycles. The lowest BCUT2D eigenvalue weighted by atomic mass is 9.90. The Hall–Kier alpha value is -0.940. The third-order valence-electron chi connectivity index (χ3n) is 5.35. The topological polar surface area (TPSA) is 61.8 Å². The second-order valence-corrected chi connectivity index (χ2v) is 7.05. The summed E-state index contributed by atoms with van der Waals surface area (Å²) in [4.78, 5) is 22.6. The number of aldehydes is 1. The fraction of sp³-hybridized carbons (Fsp3) is 0.895. The molecule has 0 aromatic heterocycles. The van der Waals surface area contributed by atoms with E-state index in [1.54, 1.807) is 0 Å². The van der Waals surface area contributed by atoms with Crippen LogP contribution in [0, 0.1) is 11.8 Å². The third-order valence-corrected chi connectivity index (χ3v) is 5.35. The second kappa shape index (κ2) is 10.8. The smallest absolute Gasteiger partial charge is 0.305 e. The van der Waals surface area contributed by atoms with Crippen LogP contribution in [0.1, 0.15) is 70.6 Å². The second-order valence-electron chi connectivity index (χ2n) is 7.05. The third kappa shape index (κ3) is 6.17. The normalized spacial score (nSPS) is 30.2. The number of unbranched alkanes of at least 4 members (excludes halogenated alkanes) is 3. The number of esters is 1. The number of ether oxygens (including phenoxy) is 3. The van der Waals surface area contributed by atoms with Gasteiger partial charge in [0.15, 0.2) is 6.29 Å².